The molecule has 1 aromatic heterocycles. The Morgan fingerprint density at radius 1 is 1.07 bits per heavy atom. The van der Waals surface area contributed by atoms with Crippen molar-refractivity contribution in [3.8, 4) is 17.2 Å². The number of nitrogens with two attached hydrogens (primary N) is 1. The smallest absolute Gasteiger partial charge is 0.231 e. The number of halogens is 2. The predicted octanol–water partition coefficient (Wildman–Crippen LogP) is 5.58. The number of benzene rings is 3. The summed E-state index contributed by atoms with van der Waals surface area (Å²) in [6.45, 7) is 0. The van der Waals surface area contributed by atoms with Crippen molar-refractivity contribution in [1.82, 2.24) is 0 Å². The van der Waals surface area contributed by atoms with Crippen LogP contribution in [0, 0.1) is 17.1 Å². The molecule has 0 spiro atoms. The molecule has 0 unspecified atom stereocenters. The topological polar surface area (TPSA) is 80.0 Å². The Morgan fingerprint density at radius 2 is 1.86 bits per heavy atom. The van der Waals surface area contributed by atoms with Gasteiger partial charge in [-0.25, -0.2) is 4.39 Å². The number of anilines is 1. The molecule has 4 rings (SSSR count). The van der Waals surface area contributed by atoms with Gasteiger partial charge in [-0.05, 0) is 53.6 Å². The van der Waals surface area contributed by atoms with Crippen LogP contribution in [0.3, 0.4) is 0 Å². The third kappa shape index (κ3) is 3.00. The molecule has 136 valence electrons. The second-order valence-electron chi connectivity index (χ2n) is 6.20. The van der Waals surface area contributed by atoms with Crippen molar-refractivity contribution in [3.63, 3.8) is 0 Å². The molecule has 3 aromatic carbocycles. The van der Waals surface area contributed by atoms with Crippen molar-refractivity contribution in [3.05, 3.63) is 88.4 Å². The number of carbonyl (C=O) groups is 1. The second kappa shape index (κ2) is 6.84. The highest BCUT2D eigenvalue weighted by Gasteiger charge is 2.22. The van der Waals surface area contributed by atoms with Crippen molar-refractivity contribution in [2.75, 3.05) is 5.73 Å². The van der Waals surface area contributed by atoms with E-state index in [1.54, 1.807) is 30.3 Å². The summed E-state index contributed by atoms with van der Waals surface area (Å²) < 4.78 is 19.0. The van der Waals surface area contributed by atoms with E-state index < -0.39 is 11.6 Å². The molecular weight excluding hydrogens is 379 g/mol. The van der Waals surface area contributed by atoms with Crippen LogP contribution in [-0.4, -0.2) is 5.78 Å². The third-order valence-electron chi connectivity index (χ3n) is 4.44. The molecule has 0 aliphatic rings. The lowest BCUT2D eigenvalue weighted by atomic mass is 10.0. The molecule has 0 aliphatic carbocycles. The monoisotopic (exact) mass is 390 g/mol. The minimum absolute atomic E-state index is 0.0149. The molecule has 1 heterocycles. The van der Waals surface area contributed by atoms with Gasteiger partial charge in [0, 0.05) is 10.9 Å². The van der Waals surface area contributed by atoms with Gasteiger partial charge in [-0.2, -0.15) is 5.26 Å². The first kappa shape index (κ1) is 17.8. The Kier molecular flexibility index (Phi) is 4.34. The molecule has 4 nitrogen and oxygen atoms in total. The molecule has 0 bridgehead atoms. The molecule has 0 amide bonds. The number of nitriles is 1. The molecule has 0 saturated carbocycles. The molecule has 0 radical (unpaired) electrons. The van der Waals surface area contributed by atoms with Gasteiger partial charge in [-0.15, -0.1) is 0 Å². The summed E-state index contributed by atoms with van der Waals surface area (Å²) in [5.41, 5.74) is 9.04. The SMILES string of the molecule is N#Cc1cccc(-c2ccc3c(N)c(C(=O)c4ccc(F)cc4Cl)oc3c2)c1. The summed E-state index contributed by atoms with van der Waals surface area (Å²) in [5, 5.41) is 9.64. The Balaban J connectivity index is 1.80. The molecule has 0 fully saturated rings. The van der Waals surface area contributed by atoms with Crippen LogP contribution in [0.25, 0.3) is 22.1 Å². The molecule has 0 aliphatic heterocycles. The van der Waals surface area contributed by atoms with Crippen LogP contribution in [0.5, 0.6) is 0 Å². The van der Waals surface area contributed by atoms with E-state index in [1.807, 2.05) is 12.1 Å². The summed E-state index contributed by atoms with van der Waals surface area (Å²) in [6, 6.07) is 18.1. The van der Waals surface area contributed by atoms with Crippen molar-refractivity contribution < 1.29 is 13.6 Å². The van der Waals surface area contributed by atoms with Crippen molar-refractivity contribution in [2.45, 2.75) is 0 Å². The molecule has 28 heavy (non-hydrogen) atoms. The van der Waals surface area contributed by atoms with Gasteiger partial charge in [0.15, 0.2) is 5.76 Å². The van der Waals surface area contributed by atoms with Crippen LogP contribution in [0.2, 0.25) is 5.02 Å². The van der Waals surface area contributed by atoms with Crippen molar-refractivity contribution in [2.24, 2.45) is 0 Å². The van der Waals surface area contributed by atoms with E-state index >= 15 is 0 Å². The summed E-state index contributed by atoms with van der Waals surface area (Å²) >= 11 is 5.99. The summed E-state index contributed by atoms with van der Waals surface area (Å²) in [4.78, 5) is 12.8. The fourth-order valence-corrected chi connectivity index (χ4v) is 3.28. The molecular formula is C22H12ClFN2O2. The molecule has 2 N–H and O–H groups in total. The number of rotatable bonds is 3. The zero-order chi connectivity index (χ0) is 19.8. The number of fused-ring (bicyclic) bond motifs is 1. The first-order valence-electron chi connectivity index (χ1n) is 8.30. The number of ketones is 1. The van der Waals surface area contributed by atoms with Crippen LogP contribution in [-0.2, 0) is 0 Å². The Labute approximate surface area is 164 Å². The first-order valence-corrected chi connectivity index (χ1v) is 8.68. The number of hydrogen-bond acceptors (Lipinski definition) is 4. The van der Waals surface area contributed by atoms with Crippen molar-refractivity contribution in [1.29, 1.82) is 5.26 Å². The van der Waals surface area contributed by atoms with E-state index in [2.05, 4.69) is 6.07 Å². The van der Waals surface area contributed by atoms with Gasteiger partial charge < -0.3 is 10.2 Å². The molecule has 6 heteroatoms. The zero-order valence-corrected chi connectivity index (χ0v) is 15.1. The van der Waals surface area contributed by atoms with Crippen LogP contribution < -0.4 is 5.73 Å². The van der Waals surface area contributed by atoms with E-state index in [9.17, 15) is 9.18 Å². The van der Waals surface area contributed by atoms with Crippen LogP contribution in [0.1, 0.15) is 21.7 Å². The maximum absolute atomic E-state index is 13.3. The van der Waals surface area contributed by atoms with Gasteiger partial charge in [-0.3, -0.25) is 4.79 Å². The first-order chi connectivity index (χ1) is 13.5. The lowest BCUT2D eigenvalue weighted by molar-refractivity contribution is 0.101. The standard InChI is InChI=1S/C22H12ClFN2O2/c23-18-10-15(24)5-7-16(18)21(27)22-20(26)17-6-4-14(9-19(17)28-22)13-3-1-2-12(8-13)11-25/h1-10H,26H2. The van der Waals surface area contributed by atoms with Gasteiger partial charge in [0.05, 0.1) is 22.3 Å². The quantitative estimate of drug-likeness (QED) is 0.463. The van der Waals surface area contributed by atoms with E-state index in [1.165, 1.54) is 6.07 Å². The Bertz CT molecular complexity index is 1290. The highest BCUT2D eigenvalue weighted by Crippen LogP contribution is 2.34. The highest BCUT2D eigenvalue weighted by atomic mass is 35.5. The Morgan fingerprint density at radius 3 is 2.61 bits per heavy atom. The molecule has 4 aromatic rings. The lowest BCUT2D eigenvalue weighted by Crippen LogP contribution is -2.04. The predicted molar refractivity (Wildman–Crippen MR) is 106 cm³/mol. The van der Waals surface area contributed by atoms with Crippen LogP contribution in [0.15, 0.2) is 65.1 Å². The van der Waals surface area contributed by atoms with E-state index in [0.717, 1.165) is 23.3 Å². The number of carbonyl (C=O) groups excluding carboxylic acids is 1. The zero-order valence-electron chi connectivity index (χ0n) is 14.4. The van der Waals surface area contributed by atoms with Gasteiger partial charge in [0.25, 0.3) is 0 Å². The largest absolute Gasteiger partial charge is 0.450 e. The summed E-state index contributed by atoms with van der Waals surface area (Å²) in [5.74, 6) is -1.11. The van der Waals surface area contributed by atoms with Crippen LogP contribution >= 0.6 is 11.6 Å². The minimum Gasteiger partial charge on any atom is -0.450 e. The lowest BCUT2D eigenvalue weighted by Gasteiger charge is -2.02. The van der Waals surface area contributed by atoms with Gasteiger partial charge in [-0.1, -0.05) is 29.8 Å². The fourth-order valence-electron chi connectivity index (χ4n) is 3.03. The number of furan rings is 1. The van der Waals surface area contributed by atoms with Gasteiger partial charge in [0.2, 0.25) is 5.78 Å². The minimum atomic E-state index is -0.539. The molecule has 0 saturated heterocycles. The number of nitrogen functional groups attached to an aromatic ring is 1. The highest BCUT2D eigenvalue weighted by molar-refractivity contribution is 6.35. The summed E-state index contributed by atoms with van der Waals surface area (Å²) in [7, 11) is 0. The fraction of sp³-hybridized carbons (Fsp3) is 0. The maximum atomic E-state index is 13.3. The van der Waals surface area contributed by atoms with E-state index in [-0.39, 0.29) is 22.0 Å². The van der Waals surface area contributed by atoms with E-state index in [0.29, 0.717) is 16.5 Å². The third-order valence-corrected chi connectivity index (χ3v) is 4.75. The van der Waals surface area contributed by atoms with Crippen molar-refractivity contribution >= 4 is 34.0 Å². The average molecular weight is 391 g/mol. The van der Waals surface area contributed by atoms with Gasteiger partial charge in [0.1, 0.15) is 11.4 Å². The van der Waals surface area contributed by atoms with Gasteiger partial charge >= 0.3 is 0 Å². The van der Waals surface area contributed by atoms with Crippen LogP contribution in [0.4, 0.5) is 10.1 Å². The normalized spacial score (nSPS) is 10.8. The van der Waals surface area contributed by atoms with E-state index in [4.69, 9.17) is 27.0 Å². The number of nitrogens with zero attached hydrogens (tertiary/aromatic N) is 1. The Hall–Kier alpha value is -3.62. The molecule has 0 atom stereocenters. The average Bonchev–Trinajstić information content (AvgIpc) is 3.03. The number of hydrogen-bond donors (Lipinski definition) is 1. The maximum Gasteiger partial charge on any atom is 0.231 e. The second-order valence-corrected chi connectivity index (χ2v) is 6.61. The summed E-state index contributed by atoms with van der Waals surface area (Å²) in [6.07, 6.45) is 0.